The first-order valence-corrected chi connectivity index (χ1v) is 5.56. The second kappa shape index (κ2) is 6.33. The van der Waals surface area contributed by atoms with Gasteiger partial charge in [-0.3, -0.25) is 0 Å². The van der Waals surface area contributed by atoms with Crippen LogP contribution in [0.4, 0.5) is 13.2 Å². The lowest BCUT2D eigenvalue weighted by Gasteiger charge is -2.22. The van der Waals surface area contributed by atoms with Crippen LogP contribution in [0.1, 0.15) is 25.7 Å². The van der Waals surface area contributed by atoms with Crippen LogP contribution in [0.2, 0.25) is 0 Å². The highest BCUT2D eigenvalue weighted by Crippen LogP contribution is 2.18. The van der Waals surface area contributed by atoms with Crippen molar-refractivity contribution in [3.8, 4) is 0 Å². The van der Waals surface area contributed by atoms with Gasteiger partial charge in [0.2, 0.25) is 0 Å². The molecule has 2 N–H and O–H groups in total. The lowest BCUT2D eigenvalue weighted by Crippen LogP contribution is -2.30. The molecule has 5 heteroatoms. The van der Waals surface area contributed by atoms with Crippen molar-refractivity contribution < 1.29 is 13.2 Å². The average Bonchev–Trinajstić information content (AvgIpc) is 2.17. The zero-order valence-electron chi connectivity index (χ0n) is 8.87. The van der Waals surface area contributed by atoms with Crippen LogP contribution in [0.15, 0.2) is 0 Å². The Morgan fingerprint density at radius 2 is 1.80 bits per heavy atom. The fourth-order valence-electron chi connectivity index (χ4n) is 1.83. The van der Waals surface area contributed by atoms with E-state index in [4.69, 9.17) is 0 Å². The van der Waals surface area contributed by atoms with Crippen molar-refractivity contribution in [1.29, 1.82) is 0 Å². The van der Waals surface area contributed by atoms with Crippen LogP contribution in [0.5, 0.6) is 0 Å². The third kappa shape index (κ3) is 6.73. The summed E-state index contributed by atoms with van der Waals surface area (Å²) in [6, 6.07) is 0. The van der Waals surface area contributed by atoms with Gasteiger partial charge in [-0.05, 0) is 44.8 Å². The van der Waals surface area contributed by atoms with Gasteiger partial charge in [0, 0.05) is 6.54 Å². The maximum atomic E-state index is 11.8. The van der Waals surface area contributed by atoms with E-state index in [-0.39, 0.29) is 6.54 Å². The predicted molar refractivity (Wildman–Crippen MR) is 53.8 cm³/mol. The minimum absolute atomic E-state index is 0.0501. The summed E-state index contributed by atoms with van der Waals surface area (Å²) in [5.41, 5.74) is 0. The minimum atomic E-state index is -4.03. The Labute approximate surface area is 88.6 Å². The van der Waals surface area contributed by atoms with Crippen LogP contribution in [0, 0.1) is 5.92 Å². The second-order valence-electron chi connectivity index (χ2n) is 4.10. The predicted octanol–water partition coefficient (Wildman–Crippen LogP) is 1.92. The van der Waals surface area contributed by atoms with Gasteiger partial charge in [0.25, 0.3) is 0 Å². The van der Waals surface area contributed by atoms with E-state index in [9.17, 15) is 13.2 Å². The summed E-state index contributed by atoms with van der Waals surface area (Å²) in [4.78, 5) is 0. The molecule has 0 spiro atoms. The van der Waals surface area contributed by atoms with E-state index in [1.54, 1.807) is 0 Å². The zero-order chi connectivity index (χ0) is 11.1. The molecule has 1 fully saturated rings. The minimum Gasteiger partial charge on any atom is -0.317 e. The molecule has 0 saturated carbocycles. The number of hydrogen-bond donors (Lipinski definition) is 2. The molecule has 90 valence electrons. The number of piperidine rings is 1. The third-order valence-corrected chi connectivity index (χ3v) is 2.77. The molecular formula is C10H19F3N2. The molecule has 1 aliphatic heterocycles. The molecule has 0 aromatic carbocycles. The van der Waals surface area contributed by atoms with Crippen LogP contribution in [0.25, 0.3) is 0 Å². The highest BCUT2D eigenvalue weighted by molar-refractivity contribution is 4.69. The molecule has 0 aliphatic carbocycles. The number of nitrogens with one attached hydrogen (secondary N) is 2. The van der Waals surface area contributed by atoms with Gasteiger partial charge in [0.1, 0.15) is 0 Å². The largest absolute Gasteiger partial charge is 0.390 e. The maximum absolute atomic E-state index is 11.8. The van der Waals surface area contributed by atoms with Gasteiger partial charge in [-0.2, -0.15) is 13.2 Å². The molecular weight excluding hydrogens is 205 g/mol. The van der Waals surface area contributed by atoms with Crippen LogP contribution >= 0.6 is 0 Å². The van der Waals surface area contributed by atoms with Gasteiger partial charge in [0.05, 0.1) is 6.42 Å². The van der Waals surface area contributed by atoms with E-state index < -0.39 is 12.6 Å². The Morgan fingerprint density at radius 3 is 2.40 bits per heavy atom. The molecule has 1 heterocycles. The van der Waals surface area contributed by atoms with Gasteiger partial charge >= 0.3 is 6.18 Å². The van der Waals surface area contributed by atoms with Crippen LogP contribution in [-0.2, 0) is 0 Å². The summed E-state index contributed by atoms with van der Waals surface area (Å²) in [6.07, 6.45) is -1.44. The van der Waals surface area contributed by atoms with Crippen LogP contribution < -0.4 is 10.6 Å². The topological polar surface area (TPSA) is 24.1 Å². The van der Waals surface area contributed by atoms with E-state index in [0.29, 0.717) is 12.5 Å². The Hall–Kier alpha value is -0.290. The highest BCUT2D eigenvalue weighted by Gasteiger charge is 2.25. The molecule has 1 saturated heterocycles. The summed E-state index contributed by atoms with van der Waals surface area (Å²) in [7, 11) is 0. The second-order valence-corrected chi connectivity index (χ2v) is 4.10. The van der Waals surface area contributed by atoms with Crippen molar-refractivity contribution in [1.82, 2.24) is 10.6 Å². The van der Waals surface area contributed by atoms with Crippen molar-refractivity contribution in [2.45, 2.75) is 31.9 Å². The van der Waals surface area contributed by atoms with E-state index in [0.717, 1.165) is 32.4 Å². The molecule has 0 unspecified atom stereocenters. The molecule has 2 nitrogen and oxygen atoms in total. The van der Waals surface area contributed by atoms with Crippen molar-refractivity contribution in [3.63, 3.8) is 0 Å². The lowest BCUT2D eigenvalue weighted by molar-refractivity contribution is -0.133. The number of halogens is 3. The molecule has 1 rings (SSSR count). The van der Waals surface area contributed by atoms with Crippen molar-refractivity contribution >= 4 is 0 Å². The molecule has 0 atom stereocenters. The Kier molecular flexibility index (Phi) is 5.39. The summed E-state index contributed by atoms with van der Waals surface area (Å²) < 4.78 is 35.4. The number of rotatable bonds is 5. The molecule has 0 aromatic heterocycles. The van der Waals surface area contributed by atoms with Gasteiger partial charge in [-0.15, -0.1) is 0 Å². The maximum Gasteiger partial charge on any atom is 0.390 e. The lowest BCUT2D eigenvalue weighted by atomic mass is 9.95. The molecule has 0 amide bonds. The summed E-state index contributed by atoms with van der Waals surface area (Å²) in [5, 5.41) is 6.12. The quantitative estimate of drug-likeness (QED) is 0.697. The van der Waals surface area contributed by atoms with Crippen molar-refractivity contribution in [2.75, 3.05) is 26.2 Å². The SMILES string of the molecule is FC(F)(F)CCNCCC1CCNCC1. The molecule has 0 aromatic rings. The zero-order valence-corrected chi connectivity index (χ0v) is 8.87. The summed E-state index contributed by atoms with van der Waals surface area (Å²) in [6.45, 7) is 2.86. The first-order valence-electron chi connectivity index (χ1n) is 5.56. The van der Waals surface area contributed by atoms with E-state index >= 15 is 0 Å². The van der Waals surface area contributed by atoms with Crippen LogP contribution in [0.3, 0.4) is 0 Å². The van der Waals surface area contributed by atoms with Gasteiger partial charge in [0.15, 0.2) is 0 Å². The fourth-order valence-corrected chi connectivity index (χ4v) is 1.83. The number of hydrogen-bond acceptors (Lipinski definition) is 2. The Bertz CT molecular complexity index is 165. The third-order valence-electron chi connectivity index (χ3n) is 2.77. The first kappa shape index (κ1) is 12.8. The standard InChI is InChI=1S/C10H19F3N2/c11-10(12,13)4-8-15-7-3-9-1-5-14-6-2-9/h9,14-15H,1-8H2. The van der Waals surface area contributed by atoms with E-state index in [1.807, 2.05) is 0 Å². The van der Waals surface area contributed by atoms with Gasteiger partial charge in [-0.25, -0.2) is 0 Å². The smallest absolute Gasteiger partial charge is 0.317 e. The summed E-state index contributed by atoms with van der Waals surface area (Å²) in [5.74, 6) is 0.685. The number of alkyl halides is 3. The first-order chi connectivity index (χ1) is 7.08. The average molecular weight is 224 g/mol. The summed E-state index contributed by atoms with van der Waals surface area (Å²) >= 11 is 0. The molecule has 1 aliphatic rings. The Balaban J connectivity index is 1.92. The van der Waals surface area contributed by atoms with Gasteiger partial charge in [-0.1, -0.05) is 0 Å². The van der Waals surface area contributed by atoms with Gasteiger partial charge < -0.3 is 10.6 Å². The fraction of sp³-hybridized carbons (Fsp3) is 1.00. The molecule has 0 bridgehead atoms. The Morgan fingerprint density at radius 1 is 1.13 bits per heavy atom. The van der Waals surface area contributed by atoms with Crippen molar-refractivity contribution in [3.05, 3.63) is 0 Å². The van der Waals surface area contributed by atoms with Crippen LogP contribution in [-0.4, -0.2) is 32.4 Å². The van der Waals surface area contributed by atoms with E-state index in [2.05, 4.69) is 10.6 Å². The highest BCUT2D eigenvalue weighted by atomic mass is 19.4. The van der Waals surface area contributed by atoms with E-state index in [1.165, 1.54) is 0 Å². The molecule has 0 radical (unpaired) electrons. The normalized spacial score (nSPS) is 19.4. The molecule has 15 heavy (non-hydrogen) atoms. The monoisotopic (exact) mass is 224 g/mol. The van der Waals surface area contributed by atoms with Crippen molar-refractivity contribution in [2.24, 2.45) is 5.92 Å².